The number of halogens is 1. The smallest absolute Gasteiger partial charge is 0.252 e. The maximum atomic E-state index is 12.6. The van der Waals surface area contributed by atoms with Gasteiger partial charge in [0.05, 0.1) is 34.6 Å². The van der Waals surface area contributed by atoms with Crippen molar-refractivity contribution in [2.24, 2.45) is 10.9 Å². The Hall–Kier alpha value is -2.77. The molecule has 0 saturated carbocycles. The van der Waals surface area contributed by atoms with Crippen LogP contribution in [0.15, 0.2) is 41.7 Å². The first kappa shape index (κ1) is 20.5. The van der Waals surface area contributed by atoms with E-state index in [1.54, 1.807) is 36.7 Å². The van der Waals surface area contributed by atoms with Crippen LogP contribution in [0.1, 0.15) is 40.0 Å². The fraction of sp³-hybridized carbons (Fsp3) is 0.364. The van der Waals surface area contributed by atoms with Crippen LogP contribution in [0.25, 0.3) is 0 Å². The molecule has 2 aliphatic rings. The van der Waals surface area contributed by atoms with Crippen LogP contribution in [0.4, 0.5) is 5.69 Å². The highest BCUT2D eigenvalue weighted by atomic mass is 35.5. The van der Waals surface area contributed by atoms with Gasteiger partial charge in [0.15, 0.2) is 5.78 Å². The molecule has 2 aliphatic heterocycles. The van der Waals surface area contributed by atoms with E-state index in [0.29, 0.717) is 45.8 Å². The van der Waals surface area contributed by atoms with E-state index >= 15 is 0 Å². The third kappa shape index (κ3) is 4.86. The maximum Gasteiger partial charge on any atom is 0.252 e. The molecule has 1 fully saturated rings. The number of hydrogen-bond acceptors (Lipinski definition) is 6. The Morgan fingerprint density at radius 3 is 2.93 bits per heavy atom. The summed E-state index contributed by atoms with van der Waals surface area (Å²) in [7, 11) is 0. The number of ether oxygens (including phenoxy) is 2. The number of Topliss-reactive ketones (excluding diaryl/α,β-unsaturated/α-hetero) is 1. The molecule has 156 valence electrons. The molecule has 8 heteroatoms. The maximum absolute atomic E-state index is 12.6. The van der Waals surface area contributed by atoms with Gasteiger partial charge in [-0.3, -0.25) is 19.6 Å². The highest BCUT2D eigenvalue weighted by Crippen LogP contribution is 2.26. The van der Waals surface area contributed by atoms with Crippen LogP contribution in [0, 0.1) is 5.92 Å². The van der Waals surface area contributed by atoms with Gasteiger partial charge >= 0.3 is 0 Å². The minimum Gasteiger partial charge on any atom is -0.488 e. The van der Waals surface area contributed by atoms with Crippen molar-refractivity contribution in [2.45, 2.75) is 19.3 Å². The first-order chi connectivity index (χ1) is 14.6. The zero-order valence-electron chi connectivity index (χ0n) is 16.4. The van der Waals surface area contributed by atoms with Crippen molar-refractivity contribution in [3.8, 4) is 5.75 Å². The fourth-order valence-corrected chi connectivity index (χ4v) is 3.71. The second-order valence-electron chi connectivity index (χ2n) is 7.37. The number of carbonyl (C=O) groups is 2. The summed E-state index contributed by atoms with van der Waals surface area (Å²) in [5.41, 5.74) is 2.10. The zero-order valence-corrected chi connectivity index (χ0v) is 17.2. The lowest BCUT2D eigenvalue weighted by Gasteiger charge is -2.22. The van der Waals surface area contributed by atoms with E-state index in [4.69, 9.17) is 21.1 Å². The molecule has 0 aliphatic carbocycles. The lowest BCUT2D eigenvalue weighted by molar-refractivity contribution is 0.0642. The molecule has 3 heterocycles. The SMILES string of the molecule is O=C(NCC1CCOCC1)c1cc(OCC2=Nc3cnccc3C(=O)C2)ccc1Cl. The number of pyridine rings is 1. The lowest BCUT2D eigenvalue weighted by Crippen LogP contribution is -2.32. The van der Waals surface area contributed by atoms with Crippen molar-refractivity contribution in [2.75, 3.05) is 26.4 Å². The summed E-state index contributed by atoms with van der Waals surface area (Å²) in [5.74, 6) is 0.662. The molecule has 0 atom stereocenters. The summed E-state index contributed by atoms with van der Waals surface area (Å²) in [5, 5.41) is 3.31. The van der Waals surface area contributed by atoms with Crippen LogP contribution in [-0.2, 0) is 4.74 Å². The third-order valence-electron chi connectivity index (χ3n) is 5.22. The molecule has 0 spiro atoms. The van der Waals surface area contributed by atoms with E-state index in [0.717, 1.165) is 26.1 Å². The standard InChI is InChI=1S/C22H22ClN3O4/c23-19-2-1-16(10-18(19)22(28)25-11-14-4-7-29-8-5-14)30-13-15-9-21(27)17-3-6-24-12-20(17)26-15/h1-3,6,10,12,14H,4-5,7-9,11,13H2,(H,25,28). The second kappa shape index (κ2) is 9.36. The number of hydrogen-bond donors (Lipinski definition) is 1. The molecule has 7 nitrogen and oxygen atoms in total. The van der Waals surface area contributed by atoms with Gasteiger partial charge in [-0.05, 0) is 43.0 Å². The van der Waals surface area contributed by atoms with Gasteiger partial charge in [-0.15, -0.1) is 0 Å². The Morgan fingerprint density at radius 1 is 1.27 bits per heavy atom. The number of ketones is 1. The summed E-state index contributed by atoms with van der Waals surface area (Å²) < 4.78 is 11.1. The summed E-state index contributed by atoms with van der Waals surface area (Å²) in [6, 6.07) is 6.61. The molecule has 1 amide bonds. The number of rotatable bonds is 6. The highest BCUT2D eigenvalue weighted by Gasteiger charge is 2.21. The Morgan fingerprint density at radius 2 is 2.10 bits per heavy atom. The Bertz CT molecular complexity index is 986. The molecular weight excluding hydrogens is 406 g/mol. The van der Waals surface area contributed by atoms with E-state index in [2.05, 4.69) is 15.3 Å². The molecule has 0 radical (unpaired) electrons. The number of aliphatic imine (C=N–C) groups is 1. The summed E-state index contributed by atoms with van der Waals surface area (Å²) in [4.78, 5) is 33.3. The Balaban J connectivity index is 1.39. The number of aromatic nitrogens is 1. The molecule has 0 bridgehead atoms. The van der Waals surface area contributed by atoms with Crippen molar-refractivity contribution < 1.29 is 19.1 Å². The number of fused-ring (bicyclic) bond motifs is 1. The third-order valence-corrected chi connectivity index (χ3v) is 5.55. The molecule has 1 N–H and O–H groups in total. The van der Waals surface area contributed by atoms with Crippen molar-refractivity contribution in [3.05, 3.63) is 52.8 Å². The summed E-state index contributed by atoms with van der Waals surface area (Å²) in [6.07, 6.45) is 5.22. The Labute approximate surface area is 179 Å². The van der Waals surface area contributed by atoms with Crippen molar-refractivity contribution in [3.63, 3.8) is 0 Å². The van der Waals surface area contributed by atoms with Crippen molar-refractivity contribution in [1.29, 1.82) is 0 Å². The van der Waals surface area contributed by atoms with E-state index in [1.165, 1.54) is 0 Å². The van der Waals surface area contributed by atoms with Crippen LogP contribution < -0.4 is 10.1 Å². The van der Waals surface area contributed by atoms with Gasteiger partial charge in [0.2, 0.25) is 0 Å². The van der Waals surface area contributed by atoms with Crippen LogP contribution in [0.2, 0.25) is 5.02 Å². The monoisotopic (exact) mass is 427 g/mol. The van der Waals surface area contributed by atoms with E-state index in [1.807, 2.05) is 0 Å². The molecule has 0 unspecified atom stereocenters. The average molecular weight is 428 g/mol. The zero-order chi connectivity index (χ0) is 20.9. The van der Waals surface area contributed by atoms with Crippen molar-refractivity contribution in [1.82, 2.24) is 10.3 Å². The van der Waals surface area contributed by atoms with Crippen LogP contribution in [0.3, 0.4) is 0 Å². The van der Waals surface area contributed by atoms with Crippen molar-refractivity contribution >= 4 is 34.7 Å². The molecule has 4 rings (SSSR count). The molecule has 1 saturated heterocycles. The van der Waals surface area contributed by atoms with Gasteiger partial charge in [0, 0.05) is 31.5 Å². The minimum absolute atomic E-state index is 0.00899. The van der Waals surface area contributed by atoms with Gasteiger partial charge < -0.3 is 14.8 Å². The number of nitrogens with zero attached hydrogens (tertiary/aromatic N) is 2. The van der Waals surface area contributed by atoms with Gasteiger partial charge in [0.25, 0.3) is 5.91 Å². The molecule has 30 heavy (non-hydrogen) atoms. The first-order valence-corrected chi connectivity index (χ1v) is 10.3. The highest BCUT2D eigenvalue weighted by molar-refractivity contribution is 6.33. The molecular formula is C22H22ClN3O4. The van der Waals surface area contributed by atoms with Gasteiger partial charge in [-0.2, -0.15) is 0 Å². The molecule has 1 aromatic carbocycles. The van der Waals surface area contributed by atoms with Gasteiger partial charge in [-0.1, -0.05) is 11.6 Å². The van der Waals surface area contributed by atoms with E-state index < -0.39 is 0 Å². The number of nitrogens with one attached hydrogen (secondary N) is 1. The topological polar surface area (TPSA) is 89.9 Å². The van der Waals surface area contributed by atoms with Crippen LogP contribution >= 0.6 is 11.6 Å². The average Bonchev–Trinajstić information content (AvgIpc) is 2.77. The van der Waals surface area contributed by atoms with Crippen LogP contribution in [-0.4, -0.2) is 48.8 Å². The fourth-order valence-electron chi connectivity index (χ4n) is 3.50. The minimum atomic E-state index is -0.234. The summed E-state index contributed by atoms with van der Waals surface area (Å²) in [6.45, 7) is 2.20. The number of benzene rings is 1. The summed E-state index contributed by atoms with van der Waals surface area (Å²) >= 11 is 6.23. The Kier molecular flexibility index (Phi) is 6.40. The molecule has 2 aromatic rings. The predicted octanol–water partition coefficient (Wildman–Crippen LogP) is 3.63. The van der Waals surface area contributed by atoms with Gasteiger partial charge in [-0.25, -0.2) is 0 Å². The quantitative estimate of drug-likeness (QED) is 0.760. The molecule has 1 aromatic heterocycles. The van der Waals surface area contributed by atoms with E-state index in [-0.39, 0.29) is 24.7 Å². The lowest BCUT2D eigenvalue weighted by atomic mass is 10.0. The van der Waals surface area contributed by atoms with Crippen LogP contribution in [0.5, 0.6) is 5.75 Å². The normalized spacial score (nSPS) is 16.6. The largest absolute Gasteiger partial charge is 0.488 e. The second-order valence-corrected chi connectivity index (χ2v) is 7.77. The number of carbonyl (C=O) groups excluding carboxylic acids is 2. The first-order valence-electron chi connectivity index (χ1n) is 9.92. The van der Waals surface area contributed by atoms with E-state index in [9.17, 15) is 9.59 Å². The number of amides is 1. The predicted molar refractivity (Wildman–Crippen MR) is 113 cm³/mol. The van der Waals surface area contributed by atoms with Gasteiger partial charge in [0.1, 0.15) is 12.4 Å².